The molecule has 4 nitrogen and oxygen atoms in total. The van der Waals surface area contributed by atoms with Crippen LogP contribution in [-0.4, -0.2) is 18.0 Å². The number of hydrogen-bond acceptors (Lipinski definition) is 2. The largest absolute Gasteiger partial charge is 0.369 e. The van der Waals surface area contributed by atoms with Gasteiger partial charge in [-0.05, 0) is 48.4 Å². The average Bonchev–Trinajstić information content (AvgIpc) is 2.61. The lowest BCUT2D eigenvalue weighted by Crippen LogP contribution is -2.33. The molecule has 0 radical (unpaired) electrons. The van der Waals surface area contributed by atoms with Gasteiger partial charge in [0.15, 0.2) is 0 Å². The van der Waals surface area contributed by atoms with Crippen molar-refractivity contribution in [3.63, 3.8) is 0 Å². The third kappa shape index (κ3) is 3.16. The highest BCUT2D eigenvalue weighted by molar-refractivity contribution is 5.99. The fourth-order valence-electron chi connectivity index (χ4n) is 2.50. The molecular formula is C19H20N4. The Morgan fingerprint density at radius 2 is 1.96 bits per heavy atom. The van der Waals surface area contributed by atoms with E-state index in [4.69, 9.17) is 5.73 Å². The molecule has 4 heteroatoms. The van der Waals surface area contributed by atoms with Gasteiger partial charge >= 0.3 is 0 Å². The maximum atomic E-state index is 6.22. The molecule has 0 aliphatic rings. The van der Waals surface area contributed by atoms with Gasteiger partial charge in [0.1, 0.15) is 0 Å². The van der Waals surface area contributed by atoms with Crippen molar-refractivity contribution in [2.75, 3.05) is 11.9 Å². The number of nitrogens with two attached hydrogens (primary N) is 1. The van der Waals surface area contributed by atoms with Crippen LogP contribution < -0.4 is 10.6 Å². The molecule has 0 aliphatic heterocycles. The van der Waals surface area contributed by atoms with Crippen molar-refractivity contribution < 1.29 is 0 Å². The molecule has 0 saturated carbocycles. The average molecular weight is 304 g/mol. The van der Waals surface area contributed by atoms with Crippen molar-refractivity contribution in [1.29, 1.82) is 0 Å². The van der Waals surface area contributed by atoms with E-state index >= 15 is 0 Å². The SMILES string of the molecule is CCc1cccc(N(C)C(N)=Nc2cccc3ncccc23)c1. The van der Waals surface area contributed by atoms with Crippen LogP contribution in [0.25, 0.3) is 10.9 Å². The van der Waals surface area contributed by atoms with Crippen LogP contribution >= 0.6 is 0 Å². The lowest BCUT2D eigenvalue weighted by molar-refractivity contribution is 1.13. The molecule has 0 atom stereocenters. The second kappa shape index (κ2) is 6.48. The molecule has 1 heterocycles. The first-order chi connectivity index (χ1) is 11.2. The second-order valence-electron chi connectivity index (χ2n) is 5.40. The molecule has 3 rings (SSSR count). The number of anilines is 1. The molecule has 0 aliphatic carbocycles. The van der Waals surface area contributed by atoms with Crippen molar-refractivity contribution in [3.8, 4) is 0 Å². The van der Waals surface area contributed by atoms with Gasteiger partial charge in [-0.3, -0.25) is 4.98 Å². The van der Waals surface area contributed by atoms with Gasteiger partial charge in [0.25, 0.3) is 0 Å². The van der Waals surface area contributed by atoms with E-state index in [-0.39, 0.29) is 0 Å². The Kier molecular flexibility index (Phi) is 4.24. The van der Waals surface area contributed by atoms with Gasteiger partial charge in [-0.25, -0.2) is 4.99 Å². The van der Waals surface area contributed by atoms with Crippen LogP contribution in [-0.2, 0) is 6.42 Å². The van der Waals surface area contributed by atoms with Gasteiger partial charge in [-0.1, -0.05) is 25.1 Å². The van der Waals surface area contributed by atoms with Crippen molar-refractivity contribution >= 4 is 28.2 Å². The minimum absolute atomic E-state index is 0.453. The van der Waals surface area contributed by atoms with E-state index in [2.05, 4.69) is 29.0 Å². The molecule has 23 heavy (non-hydrogen) atoms. The quantitative estimate of drug-likeness (QED) is 0.590. The Morgan fingerprint density at radius 1 is 1.13 bits per heavy atom. The van der Waals surface area contributed by atoms with Gasteiger partial charge in [-0.2, -0.15) is 0 Å². The number of benzene rings is 2. The summed E-state index contributed by atoms with van der Waals surface area (Å²) < 4.78 is 0. The summed E-state index contributed by atoms with van der Waals surface area (Å²) in [6.07, 6.45) is 2.77. The summed E-state index contributed by atoms with van der Waals surface area (Å²) in [6, 6.07) is 18.1. The van der Waals surface area contributed by atoms with Crippen LogP contribution in [0.2, 0.25) is 0 Å². The highest BCUT2D eigenvalue weighted by Gasteiger charge is 2.07. The van der Waals surface area contributed by atoms with Crippen molar-refractivity contribution in [2.24, 2.45) is 10.7 Å². The summed E-state index contributed by atoms with van der Waals surface area (Å²) in [5, 5.41) is 0.994. The number of nitrogens with zero attached hydrogens (tertiary/aromatic N) is 3. The number of hydrogen-bond donors (Lipinski definition) is 1. The molecular weight excluding hydrogens is 284 g/mol. The van der Waals surface area contributed by atoms with Crippen LogP contribution in [0.3, 0.4) is 0 Å². The molecule has 0 fully saturated rings. The predicted octanol–water partition coefficient (Wildman–Crippen LogP) is 3.88. The predicted molar refractivity (Wildman–Crippen MR) is 97.2 cm³/mol. The molecule has 0 bridgehead atoms. The number of pyridine rings is 1. The molecule has 0 amide bonds. The third-order valence-corrected chi connectivity index (χ3v) is 3.91. The van der Waals surface area contributed by atoms with Gasteiger partial charge in [0, 0.05) is 24.3 Å². The fraction of sp³-hybridized carbons (Fsp3) is 0.158. The Labute approximate surface area is 136 Å². The summed E-state index contributed by atoms with van der Waals surface area (Å²) in [5.41, 5.74) is 10.3. The summed E-state index contributed by atoms with van der Waals surface area (Å²) in [5.74, 6) is 0.453. The van der Waals surface area contributed by atoms with Gasteiger partial charge in [0.05, 0.1) is 11.2 Å². The number of fused-ring (bicyclic) bond motifs is 1. The van der Waals surface area contributed by atoms with E-state index in [0.29, 0.717) is 5.96 Å². The number of rotatable bonds is 3. The van der Waals surface area contributed by atoms with Crippen molar-refractivity contribution in [3.05, 3.63) is 66.4 Å². The zero-order chi connectivity index (χ0) is 16.2. The third-order valence-electron chi connectivity index (χ3n) is 3.91. The monoisotopic (exact) mass is 304 g/mol. The molecule has 0 spiro atoms. The van der Waals surface area contributed by atoms with Gasteiger partial charge in [-0.15, -0.1) is 0 Å². The normalized spacial score (nSPS) is 11.7. The maximum Gasteiger partial charge on any atom is 0.200 e. The summed E-state index contributed by atoms with van der Waals surface area (Å²) in [6.45, 7) is 2.14. The fourth-order valence-corrected chi connectivity index (χ4v) is 2.50. The lowest BCUT2D eigenvalue weighted by Gasteiger charge is -2.19. The summed E-state index contributed by atoms with van der Waals surface area (Å²) in [4.78, 5) is 10.8. The highest BCUT2D eigenvalue weighted by atomic mass is 15.2. The van der Waals surface area contributed by atoms with E-state index in [0.717, 1.165) is 28.7 Å². The standard InChI is InChI=1S/C19H20N4/c1-3-14-7-4-8-15(13-14)23(2)19(20)22-18-11-5-10-17-16(18)9-6-12-21-17/h4-13H,3H2,1-2H3,(H2,20,22). The van der Waals surface area contributed by atoms with E-state index in [1.54, 1.807) is 6.20 Å². The Bertz CT molecular complexity index is 849. The topological polar surface area (TPSA) is 54.5 Å². The van der Waals surface area contributed by atoms with Crippen molar-refractivity contribution in [1.82, 2.24) is 4.98 Å². The number of aryl methyl sites for hydroxylation is 1. The zero-order valence-electron chi connectivity index (χ0n) is 13.4. The van der Waals surface area contributed by atoms with Gasteiger partial charge in [0.2, 0.25) is 5.96 Å². The van der Waals surface area contributed by atoms with Gasteiger partial charge < -0.3 is 10.6 Å². The molecule has 116 valence electrons. The van der Waals surface area contributed by atoms with Crippen LogP contribution in [0.15, 0.2) is 65.8 Å². The first kappa shape index (κ1) is 15.0. The highest BCUT2D eigenvalue weighted by Crippen LogP contribution is 2.25. The Morgan fingerprint density at radius 3 is 2.78 bits per heavy atom. The lowest BCUT2D eigenvalue weighted by atomic mass is 10.1. The van der Waals surface area contributed by atoms with E-state index in [1.807, 2.05) is 54.4 Å². The van der Waals surface area contributed by atoms with Crippen LogP contribution in [0, 0.1) is 0 Å². The minimum Gasteiger partial charge on any atom is -0.369 e. The van der Waals surface area contributed by atoms with Crippen LogP contribution in [0.4, 0.5) is 11.4 Å². The molecule has 0 saturated heterocycles. The smallest absolute Gasteiger partial charge is 0.200 e. The number of aliphatic imine (C=N–C) groups is 1. The molecule has 1 aromatic heterocycles. The molecule has 0 unspecified atom stereocenters. The summed E-state index contributed by atoms with van der Waals surface area (Å²) >= 11 is 0. The number of aromatic nitrogens is 1. The molecule has 2 aromatic carbocycles. The first-order valence-electron chi connectivity index (χ1n) is 7.69. The molecule has 3 aromatic rings. The summed E-state index contributed by atoms with van der Waals surface area (Å²) in [7, 11) is 1.93. The van der Waals surface area contributed by atoms with Crippen molar-refractivity contribution in [2.45, 2.75) is 13.3 Å². The minimum atomic E-state index is 0.453. The second-order valence-corrected chi connectivity index (χ2v) is 5.40. The zero-order valence-corrected chi connectivity index (χ0v) is 13.4. The maximum absolute atomic E-state index is 6.22. The Balaban J connectivity index is 1.97. The first-order valence-corrected chi connectivity index (χ1v) is 7.69. The van der Waals surface area contributed by atoms with Crippen LogP contribution in [0.1, 0.15) is 12.5 Å². The molecule has 2 N–H and O–H groups in total. The Hall–Kier alpha value is -2.88. The van der Waals surface area contributed by atoms with E-state index in [1.165, 1.54) is 5.56 Å². The number of guanidine groups is 1. The van der Waals surface area contributed by atoms with E-state index in [9.17, 15) is 0 Å². The van der Waals surface area contributed by atoms with E-state index < -0.39 is 0 Å². The van der Waals surface area contributed by atoms with Crippen LogP contribution in [0.5, 0.6) is 0 Å².